The predicted molar refractivity (Wildman–Crippen MR) is 101 cm³/mol. The molecular weight excluding hydrogens is 349 g/mol. The second kappa shape index (κ2) is 8.52. The Morgan fingerprint density at radius 3 is 2.63 bits per heavy atom. The third-order valence-electron chi connectivity index (χ3n) is 5.17. The number of pyridine rings is 1. The Hall–Kier alpha value is -2.41. The summed E-state index contributed by atoms with van der Waals surface area (Å²) in [6.45, 7) is 5.96. The van der Waals surface area contributed by atoms with Gasteiger partial charge in [0.2, 0.25) is 0 Å². The molecule has 1 aliphatic rings. The Bertz CT molecular complexity index is 888. The van der Waals surface area contributed by atoms with Crippen molar-refractivity contribution < 1.29 is 19.6 Å². The molecule has 0 saturated carbocycles. The number of hydrogen-bond acceptors (Lipinski definition) is 4. The van der Waals surface area contributed by atoms with Crippen molar-refractivity contribution in [1.29, 1.82) is 0 Å². The van der Waals surface area contributed by atoms with E-state index in [2.05, 4.69) is 12.2 Å². The van der Waals surface area contributed by atoms with Gasteiger partial charge in [-0.25, -0.2) is 4.39 Å². The smallest absolute Gasteiger partial charge is 0.198 e. The first-order chi connectivity index (χ1) is 13.0. The minimum Gasteiger partial charge on any atom is -0.545 e. The van der Waals surface area contributed by atoms with E-state index in [4.69, 9.17) is 0 Å². The number of carboxylic acids is 1. The first kappa shape index (κ1) is 19.4. The van der Waals surface area contributed by atoms with Gasteiger partial charge in [0.15, 0.2) is 5.43 Å². The molecule has 1 aliphatic heterocycles. The molecule has 1 fully saturated rings. The molecule has 0 unspecified atom stereocenters. The highest BCUT2D eigenvalue weighted by Gasteiger charge is 2.19. The van der Waals surface area contributed by atoms with Crippen molar-refractivity contribution in [3.8, 4) is 0 Å². The fraction of sp³-hybridized carbons (Fsp3) is 0.500. The van der Waals surface area contributed by atoms with Crippen LogP contribution in [0.15, 0.2) is 23.1 Å². The topological polar surface area (TPSA) is 82.0 Å². The van der Waals surface area contributed by atoms with Gasteiger partial charge in [-0.3, -0.25) is 4.79 Å². The second-order valence-electron chi connectivity index (χ2n) is 7.09. The van der Waals surface area contributed by atoms with E-state index in [0.717, 1.165) is 51.9 Å². The Balaban J connectivity index is 2.09. The lowest BCUT2D eigenvalue weighted by Crippen LogP contribution is -2.89. The first-order valence-corrected chi connectivity index (χ1v) is 9.67. The van der Waals surface area contributed by atoms with Crippen molar-refractivity contribution in [2.75, 3.05) is 31.1 Å². The number of carboxylic acid groups (broad SMARTS) is 1. The number of carbonyl (C=O) groups is 1. The summed E-state index contributed by atoms with van der Waals surface area (Å²) in [5, 5.41) is 13.6. The van der Waals surface area contributed by atoms with Crippen LogP contribution in [-0.2, 0) is 6.54 Å². The number of carbonyl (C=O) groups excluding carboxylic acids is 1. The van der Waals surface area contributed by atoms with Crippen LogP contribution >= 0.6 is 0 Å². The number of halogens is 1. The molecule has 2 heterocycles. The number of aromatic nitrogens is 1. The summed E-state index contributed by atoms with van der Waals surface area (Å²) in [5.41, 5.74) is -0.0593. The number of aromatic carboxylic acids is 1. The fourth-order valence-corrected chi connectivity index (χ4v) is 3.67. The van der Waals surface area contributed by atoms with E-state index in [-0.39, 0.29) is 5.39 Å². The first-order valence-electron chi connectivity index (χ1n) is 9.67. The van der Waals surface area contributed by atoms with E-state index in [1.165, 1.54) is 12.3 Å². The summed E-state index contributed by atoms with van der Waals surface area (Å²) >= 11 is 0. The van der Waals surface area contributed by atoms with Crippen LogP contribution in [0.2, 0.25) is 0 Å². The lowest BCUT2D eigenvalue weighted by atomic mass is 10.1. The molecule has 1 aromatic heterocycles. The average Bonchev–Trinajstić information content (AvgIpc) is 2.67. The van der Waals surface area contributed by atoms with Gasteiger partial charge >= 0.3 is 0 Å². The van der Waals surface area contributed by atoms with Crippen molar-refractivity contribution >= 4 is 22.6 Å². The number of nitrogens with two attached hydrogens (primary N) is 1. The Kier molecular flexibility index (Phi) is 6.11. The third kappa shape index (κ3) is 4.13. The number of hydrogen-bond donors (Lipinski definition) is 1. The van der Waals surface area contributed by atoms with Crippen molar-refractivity contribution in [2.45, 2.75) is 39.2 Å². The molecule has 0 aliphatic carbocycles. The highest BCUT2D eigenvalue weighted by molar-refractivity contribution is 5.92. The molecule has 2 N–H and O–H groups in total. The van der Waals surface area contributed by atoms with Crippen LogP contribution < -0.4 is 20.8 Å². The summed E-state index contributed by atoms with van der Waals surface area (Å²) in [7, 11) is 0. The quantitative estimate of drug-likeness (QED) is 0.713. The number of quaternary nitrogens is 1. The Morgan fingerprint density at radius 2 is 1.96 bits per heavy atom. The molecular formula is C20H26FN3O3. The predicted octanol–water partition coefficient (Wildman–Crippen LogP) is 0.468. The fourth-order valence-electron chi connectivity index (χ4n) is 3.67. The Morgan fingerprint density at radius 1 is 1.22 bits per heavy atom. The number of fused-ring (bicyclic) bond motifs is 1. The standard InChI is InChI=1S/C20H26FN3O3/c1-2-3-4-5-8-24-13-15(20(26)27)19(25)14-11-16(21)18(12-17(14)24)23-9-6-22-7-10-23/h11-13,22H,2-10H2,1H3,(H,26,27). The molecule has 0 bridgehead atoms. The van der Waals surface area contributed by atoms with Gasteiger partial charge in [-0.1, -0.05) is 26.2 Å². The van der Waals surface area contributed by atoms with E-state index >= 15 is 0 Å². The minimum atomic E-state index is -1.53. The molecule has 3 rings (SSSR count). The van der Waals surface area contributed by atoms with E-state index in [9.17, 15) is 19.1 Å². The summed E-state index contributed by atoms with van der Waals surface area (Å²) in [6, 6.07) is 2.87. The van der Waals surface area contributed by atoms with Crippen LogP contribution in [0.4, 0.5) is 10.1 Å². The van der Waals surface area contributed by atoms with Gasteiger partial charge in [-0.2, -0.15) is 0 Å². The molecule has 0 radical (unpaired) electrons. The maximum atomic E-state index is 14.7. The van der Waals surface area contributed by atoms with Crippen LogP contribution in [0, 0.1) is 5.82 Å². The van der Waals surface area contributed by atoms with Crippen LogP contribution in [0.1, 0.15) is 43.0 Å². The SMILES string of the molecule is CCCCCCn1cc(C(=O)[O-])c(=O)c2cc(F)c(N3CC[NH2+]CC3)cc21. The van der Waals surface area contributed by atoms with Crippen molar-refractivity contribution in [2.24, 2.45) is 0 Å². The van der Waals surface area contributed by atoms with Gasteiger partial charge in [0.1, 0.15) is 5.82 Å². The molecule has 2 aromatic rings. The van der Waals surface area contributed by atoms with Gasteiger partial charge in [-0.15, -0.1) is 0 Å². The number of aryl methyl sites for hydroxylation is 1. The largest absolute Gasteiger partial charge is 0.545 e. The zero-order chi connectivity index (χ0) is 19.4. The van der Waals surface area contributed by atoms with E-state index in [1.807, 2.05) is 4.90 Å². The number of anilines is 1. The van der Waals surface area contributed by atoms with Crippen molar-refractivity contribution in [3.63, 3.8) is 0 Å². The van der Waals surface area contributed by atoms with Crippen LogP contribution in [0.3, 0.4) is 0 Å². The van der Waals surface area contributed by atoms with E-state index in [1.54, 1.807) is 10.6 Å². The number of benzene rings is 1. The van der Waals surface area contributed by atoms with Crippen LogP contribution in [0.25, 0.3) is 10.9 Å². The lowest BCUT2D eigenvalue weighted by Gasteiger charge is -2.28. The molecule has 6 nitrogen and oxygen atoms in total. The number of rotatable bonds is 7. The maximum Gasteiger partial charge on any atom is 0.198 e. The average molecular weight is 375 g/mol. The van der Waals surface area contributed by atoms with Gasteiger partial charge in [0.25, 0.3) is 0 Å². The molecule has 0 amide bonds. The van der Waals surface area contributed by atoms with Gasteiger partial charge in [-0.05, 0) is 18.6 Å². The van der Waals surface area contributed by atoms with Gasteiger partial charge in [0.05, 0.1) is 48.9 Å². The van der Waals surface area contributed by atoms with Crippen LogP contribution in [-0.4, -0.2) is 36.7 Å². The molecule has 1 saturated heterocycles. The summed E-state index contributed by atoms with van der Waals surface area (Å²) in [6.07, 6.45) is 5.41. The molecule has 0 atom stereocenters. The number of nitrogens with zero attached hydrogens (tertiary/aromatic N) is 2. The van der Waals surface area contributed by atoms with Crippen molar-refractivity contribution in [1.82, 2.24) is 4.57 Å². The number of piperazine rings is 1. The molecule has 27 heavy (non-hydrogen) atoms. The molecule has 1 aromatic carbocycles. The monoisotopic (exact) mass is 375 g/mol. The zero-order valence-corrected chi connectivity index (χ0v) is 15.7. The van der Waals surface area contributed by atoms with E-state index < -0.39 is 22.8 Å². The van der Waals surface area contributed by atoms with Crippen LogP contribution in [0.5, 0.6) is 0 Å². The molecule has 7 heteroatoms. The summed E-state index contributed by atoms with van der Waals surface area (Å²) in [5.74, 6) is -2.02. The third-order valence-corrected chi connectivity index (χ3v) is 5.17. The van der Waals surface area contributed by atoms with Crippen molar-refractivity contribution in [3.05, 3.63) is 39.9 Å². The number of unbranched alkanes of at least 4 members (excludes halogenated alkanes) is 3. The molecule has 0 spiro atoms. The highest BCUT2D eigenvalue weighted by atomic mass is 19.1. The summed E-state index contributed by atoms with van der Waals surface area (Å²) in [4.78, 5) is 25.9. The maximum absolute atomic E-state index is 14.7. The van der Waals surface area contributed by atoms with Gasteiger partial charge in [0, 0.05) is 18.1 Å². The normalized spacial score (nSPS) is 14.7. The second-order valence-corrected chi connectivity index (χ2v) is 7.09. The highest BCUT2D eigenvalue weighted by Crippen LogP contribution is 2.25. The van der Waals surface area contributed by atoms with E-state index in [0.29, 0.717) is 17.7 Å². The van der Waals surface area contributed by atoms with Gasteiger partial charge < -0.3 is 24.7 Å². The Labute approximate surface area is 157 Å². The minimum absolute atomic E-state index is 0.0945. The molecule has 146 valence electrons. The summed E-state index contributed by atoms with van der Waals surface area (Å²) < 4.78 is 16.5. The zero-order valence-electron chi connectivity index (χ0n) is 15.7. The lowest BCUT2D eigenvalue weighted by molar-refractivity contribution is -0.655.